The molecular formula is C12H25N3O2. The third kappa shape index (κ3) is 3.66. The topological polar surface area (TPSA) is 78.6 Å². The normalized spacial score (nSPS) is 19.8. The van der Waals surface area contributed by atoms with Gasteiger partial charge in [0.25, 0.3) is 0 Å². The van der Waals surface area contributed by atoms with Gasteiger partial charge in [-0.3, -0.25) is 15.1 Å². The number of rotatable bonds is 7. The maximum absolute atomic E-state index is 11.5. The number of aliphatic hydroxyl groups excluding tert-OH is 1. The van der Waals surface area contributed by atoms with Gasteiger partial charge in [-0.15, -0.1) is 0 Å². The fourth-order valence-electron chi connectivity index (χ4n) is 2.33. The van der Waals surface area contributed by atoms with E-state index in [-0.39, 0.29) is 24.5 Å². The molecule has 5 nitrogen and oxygen atoms in total. The van der Waals surface area contributed by atoms with E-state index in [1.807, 2.05) is 6.92 Å². The molecule has 0 spiro atoms. The van der Waals surface area contributed by atoms with Crippen LogP contribution < -0.4 is 11.3 Å². The zero-order chi connectivity index (χ0) is 12.8. The monoisotopic (exact) mass is 243 g/mol. The summed E-state index contributed by atoms with van der Waals surface area (Å²) in [6.45, 7) is 5.02. The van der Waals surface area contributed by atoms with Crippen LogP contribution in [0.5, 0.6) is 0 Å². The maximum Gasteiger partial charge on any atom is 0.238 e. The van der Waals surface area contributed by atoms with Crippen LogP contribution in [-0.4, -0.2) is 41.1 Å². The Bertz CT molecular complexity index is 244. The Morgan fingerprint density at radius 2 is 2.18 bits per heavy atom. The number of carbonyl (C=O) groups excluding carboxylic acids is 1. The first-order valence-electron chi connectivity index (χ1n) is 6.48. The highest BCUT2D eigenvalue weighted by molar-refractivity contribution is 5.78. The molecular weight excluding hydrogens is 218 g/mol. The molecule has 1 rings (SSSR count). The molecule has 0 radical (unpaired) electrons. The van der Waals surface area contributed by atoms with Gasteiger partial charge in [0.1, 0.15) is 0 Å². The van der Waals surface area contributed by atoms with Crippen molar-refractivity contribution in [2.45, 2.75) is 51.6 Å². The lowest BCUT2D eigenvalue weighted by molar-refractivity contribution is -0.127. The number of nitrogens with zero attached hydrogens (tertiary/aromatic N) is 1. The fraction of sp³-hybridized carbons (Fsp3) is 0.917. The number of nitrogens with two attached hydrogens (primary N) is 1. The van der Waals surface area contributed by atoms with Crippen LogP contribution in [0.4, 0.5) is 0 Å². The maximum atomic E-state index is 11.5. The minimum absolute atomic E-state index is 0.120. The molecule has 0 aliphatic heterocycles. The Kier molecular flexibility index (Phi) is 5.88. The van der Waals surface area contributed by atoms with Crippen LogP contribution in [0.2, 0.25) is 0 Å². The SMILES string of the molecule is CC(C(=O)NN)C(C)N(CCCO)C1CCC1. The minimum Gasteiger partial charge on any atom is -0.396 e. The van der Waals surface area contributed by atoms with Crippen LogP contribution in [0.25, 0.3) is 0 Å². The summed E-state index contributed by atoms with van der Waals surface area (Å²) in [4.78, 5) is 13.9. The number of hydrogen-bond donors (Lipinski definition) is 3. The first-order valence-corrected chi connectivity index (χ1v) is 6.48. The van der Waals surface area contributed by atoms with Gasteiger partial charge in [0.15, 0.2) is 0 Å². The Hall–Kier alpha value is -0.650. The summed E-state index contributed by atoms with van der Waals surface area (Å²) >= 11 is 0. The van der Waals surface area contributed by atoms with Crippen molar-refractivity contribution in [1.82, 2.24) is 10.3 Å². The predicted octanol–water partition coefficient (Wildman–Crippen LogP) is 0.238. The zero-order valence-corrected chi connectivity index (χ0v) is 10.9. The van der Waals surface area contributed by atoms with Gasteiger partial charge in [0, 0.05) is 25.2 Å². The van der Waals surface area contributed by atoms with E-state index in [0.717, 1.165) is 13.0 Å². The Labute approximate surface area is 103 Å². The standard InChI is InChI=1S/C12H25N3O2/c1-9(12(17)14-13)10(2)15(7-4-8-16)11-5-3-6-11/h9-11,16H,3-8,13H2,1-2H3,(H,14,17). The molecule has 0 aromatic rings. The van der Waals surface area contributed by atoms with Gasteiger partial charge in [-0.2, -0.15) is 0 Å². The molecule has 2 unspecified atom stereocenters. The molecule has 1 aliphatic carbocycles. The summed E-state index contributed by atoms with van der Waals surface area (Å²) < 4.78 is 0. The van der Waals surface area contributed by atoms with E-state index in [4.69, 9.17) is 10.9 Å². The molecule has 100 valence electrons. The lowest BCUT2D eigenvalue weighted by atomic mass is 9.88. The van der Waals surface area contributed by atoms with Gasteiger partial charge in [-0.05, 0) is 26.2 Å². The molecule has 4 N–H and O–H groups in total. The van der Waals surface area contributed by atoms with Gasteiger partial charge in [0.2, 0.25) is 5.91 Å². The second kappa shape index (κ2) is 6.93. The number of aliphatic hydroxyl groups is 1. The van der Waals surface area contributed by atoms with Gasteiger partial charge in [-0.1, -0.05) is 13.3 Å². The molecule has 0 saturated heterocycles. The predicted molar refractivity (Wildman–Crippen MR) is 67.0 cm³/mol. The summed E-state index contributed by atoms with van der Waals surface area (Å²) in [7, 11) is 0. The van der Waals surface area contributed by atoms with Crippen molar-refractivity contribution in [1.29, 1.82) is 0 Å². The summed E-state index contributed by atoms with van der Waals surface area (Å²) in [5, 5.41) is 8.94. The lowest BCUT2D eigenvalue weighted by Gasteiger charge is -2.43. The van der Waals surface area contributed by atoms with E-state index in [1.54, 1.807) is 0 Å². The van der Waals surface area contributed by atoms with Gasteiger partial charge >= 0.3 is 0 Å². The van der Waals surface area contributed by atoms with Crippen molar-refractivity contribution in [2.24, 2.45) is 11.8 Å². The molecule has 5 heteroatoms. The van der Waals surface area contributed by atoms with E-state index in [9.17, 15) is 4.79 Å². The van der Waals surface area contributed by atoms with Gasteiger partial charge in [-0.25, -0.2) is 5.84 Å². The molecule has 2 atom stereocenters. The summed E-state index contributed by atoms with van der Waals surface area (Å²) in [5.74, 6) is 4.93. The van der Waals surface area contributed by atoms with Crippen LogP contribution in [-0.2, 0) is 4.79 Å². The average Bonchev–Trinajstić information content (AvgIpc) is 2.28. The van der Waals surface area contributed by atoms with Crippen LogP contribution >= 0.6 is 0 Å². The van der Waals surface area contributed by atoms with Crippen LogP contribution in [0.3, 0.4) is 0 Å². The van der Waals surface area contributed by atoms with E-state index in [0.29, 0.717) is 6.04 Å². The van der Waals surface area contributed by atoms with Crippen LogP contribution in [0, 0.1) is 5.92 Å². The molecule has 1 fully saturated rings. The van der Waals surface area contributed by atoms with Crippen molar-refractivity contribution < 1.29 is 9.90 Å². The Balaban J connectivity index is 2.57. The van der Waals surface area contributed by atoms with Crippen LogP contribution in [0.1, 0.15) is 39.5 Å². The molecule has 17 heavy (non-hydrogen) atoms. The third-order valence-electron chi connectivity index (χ3n) is 3.92. The first kappa shape index (κ1) is 14.4. The number of hydrogen-bond acceptors (Lipinski definition) is 4. The van der Waals surface area contributed by atoms with Crippen molar-refractivity contribution in [3.05, 3.63) is 0 Å². The number of amides is 1. The van der Waals surface area contributed by atoms with Crippen molar-refractivity contribution in [2.75, 3.05) is 13.2 Å². The molecule has 0 aromatic heterocycles. The van der Waals surface area contributed by atoms with E-state index < -0.39 is 0 Å². The molecule has 1 aliphatic rings. The summed E-state index contributed by atoms with van der Waals surface area (Å²) in [6.07, 6.45) is 4.43. The van der Waals surface area contributed by atoms with Gasteiger partial charge < -0.3 is 5.11 Å². The van der Waals surface area contributed by atoms with E-state index >= 15 is 0 Å². The molecule has 1 amide bonds. The highest BCUT2D eigenvalue weighted by Gasteiger charge is 2.32. The third-order valence-corrected chi connectivity index (χ3v) is 3.92. The van der Waals surface area contributed by atoms with Crippen molar-refractivity contribution >= 4 is 5.91 Å². The van der Waals surface area contributed by atoms with Crippen molar-refractivity contribution in [3.8, 4) is 0 Å². The van der Waals surface area contributed by atoms with Crippen LogP contribution in [0.15, 0.2) is 0 Å². The number of carbonyl (C=O) groups is 1. The van der Waals surface area contributed by atoms with Crippen molar-refractivity contribution in [3.63, 3.8) is 0 Å². The minimum atomic E-state index is -0.126. The highest BCUT2D eigenvalue weighted by atomic mass is 16.3. The fourth-order valence-corrected chi connectivity index (χ4v) is 2.33. The largest absolute Gasteiger partial charge is 0.396 e. The quantitative estimate of drug-likeness (QED) is 0.340. The number of hydrazine groups is 1. The Morgan fingerprint density at radius 1 is 1.53 bits per heavy atom. The zero-order valence-electron chi connectivity index (χ0n) is 10.9. The first-order chi connectivity index (χ1) is 8.11. The summed E-state index contributed by atoms with van der Waals surface area (Å²) in [5.41, 5.74) is 2.22. The second-order valence-electron chi connectivity index (χ2n) is 4.94. The molecule has 0 aromatic carbocycles. The van der Waals surface area contributed by atoms with E-state index in [2.05, 4.69) is 17.2 Å². The average molecular weight is 243 g/mol. The second-order valence-corrected chi connectivity index (χ2v) is 4.94. The molecule has 0 bridgehead atoms. The molecule has 1 saturated carbocycles. The van der Waals surface area contributed by atoms with E-state index in [1.165, 1.54) is 19.3 Å². The van der Waals surface area contributed by atoms with Gasteiger partial charge in [0.05, 0.1) is 5.92 Å². The Morgan fingerprint density at radius 3 is 2.59 bits per heavy atom. The highest BCUT2D eigenvalue weighted by Crippen LogP contribution is 2.28. The smallest absolute Gasteiger partial charge is 0.238 e. The molecule has 0 heterocycles. The summed E-state index contributed by atoms with van der Waals surface area (Å²) in [6, 6.07) is 0.736. The number of nitrogens with one attached hydrogen (secondary N) is 1. The lowest BCUT2D eigenvalue weighted by Crippen LogP contribution is -2.52.